The fourth-order valence-electron chi connectivity index (χ4n) is 3.63. The van der Waals surface area contributed by atoms with E-state index < -0.39 is 11.2 Å². The highest BCUT2D eigenvalue weighted by molar-refractivity contribution is 8.01. The van der Waals surface area contributed by atoms with Gasteiger partial charge >= 0.3 is 0 Å². The van der Waals surface area contributed by atoms with E-state index in [1.54, 1.807) is 30.0 Å². The van der Waals surface area contributed by atoms with Crippen molar-refractivity contribution in [2.75, 3.05) is 4.90 Å². The number of nitrogens with zero attached hydrogens (tertiary/aromatic N) is 1. The van der Waals surface area contributed by atoms with Crippen LogP contribution in [0.15, 0.2) is 77.7 Å². The van der Waals surface area contributed by atoms with Crippen molar-refractivity contribution in [3.05, 3.63) is 94.8 Å². The maximum absolute atomic E-state index is 13.5. The smallest absolute Gasteiger partial charge is 0.241 e. The number of thioether (sulfide) groups is 1. The summed E-state index contributed by atoms with van der Waals surface area (Å²) in [6.45, 7) is 2.41. The molecule has 2 amide bonds. The Hall–Kier alpha value is -2.83. The van der Waals surface area contributed by atoms with Gasteiger partial charge in [0.15, 0.2) is 0 Å². The molecule has 0 aromatic heterocycles. The molecule has 164 valence electrons. The molecule has 0 spiro atoms. The van der Waals surface area contributed by atoms with Crippen LogP contribution in [0.5, 0.6) is 0 Å². The van der Waals surface area contributed by atoms with Crippen molar-refractivity contribution in [1.29, 1.82) is 0 Å². The number of anilines is 1. The first-order chi connectivity index (χ1) is 15.4. The van der Waals surface area contributed by atoms with Crippen LogP contribution >= 0.6 is 23.4 Å². The Balaban J connectivity index is 1.52. The molecule has 0 unspecified atom stereocenters. The SMILES string of the molecule is C[C@@H](C(=O)NCc1ccc(F)cc1)[C@H]1Sc2ccccc2N(Cc2cccc(Cl)c2)C1=O. The molecule has 0 saturated heterocycles. The zero-order valence-corrected chi connectivity index (χ0v) is 19.0. The highest BCUT2D eigenvalue weighted by Crippen LogP contribution is 2.42. The number of halogens is 2. The van der Waals surface area contributed by atoms with Crippen LogP contribution in [0, 0.1) is 11.7 Å². The number of para-hydroxylation sites is 1. The summed E-state index contributed by atoms with van der Waals surface area (Å²) in [7, 11) is 0. The molecule has 0 fully saturated rings. The van der Waals surface area contributed by atoms with Crippen molar-refractivity contribution < 1.29 is 14.0 Å². The molecule has 1 aliphatic rings. The minimum absolute atomic E-state index is 0.113. The number of hydrogen-bond donors (Lipinski definition) is 1. The van der Waals surface area contributed by atoms with Crippen molar-refractivity contribution in [1.82, 2.24) is 5.32 Å². The number of fused-ring (bicyclic) bond motifs is 1. The lowest BCUT2D eigenvalue weighted by molar-refractivity contribution is -0.128. The van der Waals surface area contributed by atoms with Gasteiger partial charge in [-0.05, 0) is 47.5 Å². The van der Waals surface area contributed by atoms with Crippen LogP contribution in [0.2, 0.25) is 5.02 Å². The van der Waals surface area contributed by atoms with E-state index in [0.717, 1.165) is 21.7 Å². The first-order valence-electron chi connectivity index (χ1n) is 10.3. The molecule has 1 heterocycles. The van der Waals surface area contributed by atoms with E-state index in [4.69, 9.17) is 11.6 Å². The molecule has 0 radical (unpaired) electrons. The quantitative estimate of drug-likeness (QED) is 0.524. The molecule has 7 heteroatoms. The second-order valence-electron chi connectivity index (χ2n) is 7.69. The summed E-state index contributed by atoms with van der Waals surface area (Å²) in [5.74, 6) is -1.21. The predicted molar refractivity (Wildman–Crippen MR) is 126 cm³/mol. The number of amides is 2. The molecule has 0 saturated carbocycles. The second-order valence-corrected chi connectivity index (χ2v) is 9.31. The number of carbonyl (C=O) groups excluding carboxylic acids is 2. The highest BCUT2D eigenvalue weighted by atomic mass is 35.5. The van der Waals surface area contributed by atoms with Crippen LogP contribution in [0.3, 0.4) is 0 Å². The Morgan fingerprint density at radius 2 is 1.84 bits per heavy atom. The third-order valence-corrected chi connectivity index (χ3v) is 7.09. The molecule has 4 nitrogen and oxygen atoms in total. The zero-order valence-electron chi connectivity index (χ0n) is 17.4. The Kier molecular flexibility index (Phi) is 6.82. The number of benzene rings is 3. The number of hydrogen-bond acceptors (Lipinski definition) is 3. The summed E-state index contributed by atoms with van der Waals surface area (Å²) >= 11 is 7.55. The molecular formula is C25H22ClFN2O2S. The van der Waals surface area contributed by atoms with Gasteiger partial charge in [-0.25, -0.2) is 4.39 Å². The van der Waals surface area contributed by atoms with Gasteiger partial charge in [-0.2, -0.15) is 0 Å². The standard InChI is InChI=1S/C25H22ClFN2O2S/c1-16(24(30)28-14-17-9-11-20(27)12-10-17)23-25(31)29(15-18-5-4-6-19(26)13-18)21-7-2-3-8-22(21)32-23/h2-13,16,23H,14-15H2,1H3,(H,28,30)/t16-,23-/m1/s1. The minimum Gasteiger partial charge on any atom is -0.352 e. The summed E-state index contributed by atoms with van der Waals surface area (Å²) in [4.78, 5) is 29.0. The average molecular weight is 469 g/mol. The number of rotatable bonds is 6. The first-order valence-corrected chi connectivity index (χ1v) is 11.5. The van der Waals surface area contributed by atoms with E-state index >= 15 is 0 Å². The summed E-state index contributed by atoms with van der Waals surface area (Å²) in [5, 5.41) is 2.92. The monoisotopic (exact) mass is 468 g/mol. The summed E-state index contributed by atoms with van der Waals surface area (Å²) in [6, 6.07) is 21.1. The van der Waals surface area contributed by atoms with Crippen LogP contribution < -0.4 is 10.2 Å². The normalized spacial score (nSPS) is 16.4. The molecule has 3 aromatic carbocycles. The van der Waals surface area contributed by atoms with Crippen LogP contribution in [0.25, 0.3) is 0 Å². The Bertz CT molecular complexity index is 1140. The lowest BCUT2D eigenvalue weighted by atomic mass is 10.0. The van der Waals surface area contributed by atoms with Crippen LogP contribution in [-0.2, 0) is 22.7 Å². The molecule has 0 aliphatic carbocycles. The summed E-state index contributed by atoms with van der Waals surface area (Å²) in [5.41, 5.74) is 2.54. The van der Waals surface area contributed by atoms with Crippen molar-refractivity contribution in [3.63, 3.8) is 0 Å². The van der Waals surface area contributed by atoms with E-state index in [9.17, 15) is 14.0 Å². The molecule has 1 N–H and O–H groups in total. The van der Waals surface area contributed by atoms with Crippen molar-refractivity contribution in [2.45, 2.75) is 30.2 Å². The van der Waals surface area contributed by atoms with Gasteiger partial charge in [-0.15, -0.1) is 11.8 Å². The lowest BCUT2D eigenvalue weighted by Crippen LogP contribution is -2.47. The van der Waals surface area contributed by atoms with E-state index in [1.165, 1.54) is 23.9 Å². The van der Waals surface area contributed by atoms with Crippen LogP contribution in [0.1, 0.15) is 18.1 Å². The largest absolute Gasteiger partial charge is 0.352 e. The average Bonchev–Trinajstić information content (AvgIpc) is 2.79. The zero-order chi connectivity index (χ0) is 22.7. The van der Waals surface area contributed by atoms with Crippen LogP contribution in [0.4, 0.5) is 10.1 Å². The van der Waals surface area contributed by atoms with Gasteiger partial charge in [0, 0.05) is 16.5 Å². The van der Waals surface area contributed by atoms with Gasteiger partial charge in [0.05, 0.1) is 18.2 Å². The Morgan fingerprint density at radius 1 is 1.09 bits per heavy atom. The summed E-state index contributed by atoms with van der Waals surface area (Å²) in [6.07, 6.45) is 0. The second kappa shape index (κ2) is 9.76. The van der Waals surface area contributed by atoms with Crippen LogP contribution in [-0.4, -0.2) is 17.1 Å². The molecule has 1 aliphatic heterocycles. The number of nitrogens with one attached hydrogen (secondary N) is 1. The van der Waals surface area contributed by atoms with Gasteiger partial charge in [0.25, 0.3) is 0 Å². The van der Waals surface area contributed by atoms with E-state index in [-0.39, 0.29) is 24.2 Å². The minimum atomic E-state index is -0.558. The third-order valence-electron chi connectivity index (χ3n) is 5.40. The van der Waals surface area contributed by atoms with Gasteiger partial charge < -0.3 is 10.2 Å². The Labute approximate surface area is 195 Å². The van der Waals surface area contributed by atoms with E-state index in [0.29, 0.717) is 11.6 Å². The lowest BCUT2D eigenvalue weighted by Gasteiger charge is -2.35. The third kappa shape index (κ3) is 4.97. The van der Waals surface area contributed by atoms with Crippen molar-refractivity contribution in [2.24, 2.45) is 5.92 Å². The molecule has 4 rings (SSSR count). The van der Waals surface area contributed by atoms with Gasteiger partial charge in [-0.3, -0.25) is 9.59 Å². The highest BCUT2D eigenvalue weighted by Gasteiger charge is 2.39. The first kappa shape index (κ1) is 22.4. The molecular weight excluding hydrogens is 447 g/mol. The van der Waals surface area contributed by atoms with E-state index in [1.807, 2.05) is 42.5 Å². The fraction of sp³-hybridized carbons (Fsp3) is 0.200. The van der Waals surface area contributed by atoms with E-state index in [2.05, 4.69) is 5.32 Å². The molecule has 32 heavy (non-hydrogen) atoms. The molecule has 3 aromatic rings. The predicted octanol–water partition coefficient (Wildman–Crippen LogP) is 5.44. The maximum atomic E-state index is 13.5. The fourth-order valence-corrected chi connectivity index (χ4v) is 5.12. The Morgan fingerprint density at radius 3 is 2.59 bits per heavy atom. The molecule has 0 bridgehead atoms. The topological polar surface area (TPSA) is 49.4 Å². The molecule has 2 atom stereocenters. The maximum Gasteiger partial charge on any atom is 0.241 e. The summed E-state index contributed by atoms with van der Waals surface area (Å²) < 4.78 is 13.1. The van der Waals surface area contributed by atoms with Crippen molar-refractivity contribution >= 4 is 40.9 Å². The van der Waals surface area contributed by atoms with Gasteiger partial charge in [0.2, 0.25) is 11.8 Å². The van der Waals surface area contributed by atoms with Crippen molar-refractivity contribution in [3.8, 4) is 0 Å². The number of carbonyl (C=O) groups is 2. The van der Waals surface area contributed by atoms with Gasteiger partial charge in [0.1, 0.15) is 11.1 Å². The van der Waals surface area contributed by atoms with Gasteiger partial charge in [-0.1, -0.05) is 54.9 Å².